The number of carbonyl (C=O) groups is 4. The lowest BCUT2D eigenvalue weighted by atomic mass is 10.2. The molecule has 0 fully saturated rings. The van der Waals surface area contributed by atoms with Crippen LogP contribution in [0.25, 0.3) is 0 Å². The van der Waals surface area contributed by atoms with Gasteiger partial charge in [0.05, 0.1) is 0 Å². The van der Waals surface area contributed by atoms with Crippen LogP contribution in [0.15, 0.2) is 12.2 Å². The number of carboxylic acid groups (broad SMARTS) is 1. The minimum absolute atomic E-state index is 0.208. The Balaban J connectivity index is 4.13. The quantitative estimate of drug-likeness (QED) is 0.311. The maximum Gasteiger partial charge on any atom is 0.325 e. The zero-order valence-corrected chi connectivity index (χ0v) is 10.3. The Hall–Kier alpha value is -2.42. The number of primary amides is 1. The van der Waals surface area contributed by atoms with Crippen LogP contribution >= 0.6 is 0 Å². The van der Waals surface area contributed by atoms with E-state index in [1.54, 1.807) is 0 Å². The second-order valence-corrected chi connectivity index (χ2v) is 3.66. The average Bonchev–Trinajstić information content (AvgIpc) is 2.32. The highest BCUT2D eigenvalue weighted by Crippen LogP contribution is 1.85. The summed E-state index contributed by atoms with van der Waals surface area (Å²) in [4.78, 5) is 43.4. The highest BCUT2D eigenvalue weighted by atomic mass is 16.4. The van der Waals surface area contributed by atoms with E-state index in [9.17, 15) is 19.2 Å². The van der Waals surface area contributed by atoms with Crippen LogP contribution in [0.1, 0.15) is 6.92 Å². The maximum absolute atomic E-state index is 11.4. The molecule has 0 aromatic rings. The Kier molecular flexibility index (Phi) is 6.82. The van der Waals surface area contributed by atoms with Crippen LogP contribution in [0.3, 0.4) is 0 Å². The molecule has 9 heteroatoms. The minimum Gasteiger partial charge on any atom is -0.480 e. The largest absolute Gasteiger partial charge is 0.480 e. The summed E-state index contributed by atoms with van der Waals surface area (Å²) in [5.74, 6) is -3.34. The van der Waals surface area contributed by atoms with Gasteiger partial charge in [0.2, 0.25) is 17.7 Å². The number of carboxylic acids is 1. The summed E-state index contributed by atoms with van der Waals surface area (Å²) in [7, 11) is 0. The van der Waals surface area contributed by atoms with Gasteiger partial charge in [-0.3, -0.25) is 19.2 Å². The summed E-state index contributed by atoms with van der Waals surface area (Å²) in [6.07, 6.45) is 1.75. The van der Waals surface area contributed by atoms with Crippen LogP contribution in [0.5, 0.6) is 0 Å². The number of amides is 3. The van der Waals surface area contributed by atoms with Crippen molar-refractivity contribution in [3.05, 3.63) is 12.2 Å². The number of nitrogens with two attached hydrogens (primary N) is 2. The molecule has 3 amide bonds. The van der Waals surface area contributed by atoms with E-state index in [0.717, 1.165) is 12.2 Å². The molecule has 9 nitrogen and oxygen atoms in total. The van der Waals surface area contributed by atoms with Gasteiger partial charge in [0.15, 0.2) is 0 Å². The van der Waals surface area contributed by atoms with Gasteiger partial charge in [0.25, 0.3) is 0 Å². The normalized spacial score (nSPS) is 13.6. The molecule has 0 rings (SSSR count). The van der Waals surface area contributed by atoms with E-state index >= 15 is 0 Å². The predicted molar refractivity (Wildman–Crippen MR) is 64.6 cm³/mol. The molecule has 106 valence electrons. The molecule has 0 spiro atoms. The van der Waals surface area contributed by atoms with Gasteiger partial charge in [-0.1, -0.05) is 0 Å². The molecule has 0 saturated carbocycles. The third kappa shape index (κ3) is 7.49. The molecular formula is C10H16N4O5. The fourth-order valence-electron chi connectivity index (χ4n) is 0.902. The Morgan fingerprint density at radius 3 is 2.32 bits per heavy atom. The zero-order chi connectivity index (χ0) is 15.0. The van der Waals surface area contributed by atoms with Crippen LogP contribution in [-0.4, -0.2) is 47.4 Å². The molecule has 19 heavy (non-hydrogen) atoms. The van der Waals surface area contributed by atoms with E-state index in [-0.39, 0.29) is 6.54 Å². The molecular weight excluding hydrogens is 256 g/mol. The van der Waals surface area contributed by atoms with Crippen LogP contribution in [0, 0.1) is 0 Å². The van der Waals surface area contributed by atoms with E-state index in [0.29, 0.717) is 0 Å². The van der Waals surface area contributed by atoms with Crippen molar-refractivity contribution in [2.75, 3.05) is 6.54 Å². The number of hydrogen-bond donors (Lipinski definition) is 5. The number of rotatable bonds is 7. The minimum atomic E-state index is -1.20. The lowest BCUT2D eigenvalue weighted by Crippen LogP contribution is -2.51. The standard InChI is InChI=1S/C10H16N4O5/c1-5(10(18)19)14-9(17)6(11)4-13-8(16)3-2-7(12)15/h2-3,5-6H,4,11H2,1H3,(H2,12,15)(H,13,16)(H,14,17)(H,18,19)/b3-2+. The zero-order valence-electron chi connectivity index (χ0n) is 10.3. The van der Waals surface area contributed by atoms with Crippen LogP contribution in [0.4, 0.5) is 0 Å². The maximum atomic E-state index is 11.4. The first kappa shape index (κ1) is 16.6. The SMILES string of the molecule is CC(NC(=O)C(N)CNC(=O)/C=C/C(N)=O)C(=O)O. The topological polar surface area (TPSA) is 165 Å². The van der Waals surface area contributed by atoms with Gasteiger partial charge in [-0.15, -0.1) is 0 Å². The van der Waals surface area contributed by atoms with Gasteiger partial charge < -0.3 is 27.2 Å². The summed E-state index contributed by atoms with van der Waals surface area (Å²) in [5.41, 5.74) is 10.2. The highest BCUT2D eigenvalue weighted by molar-refractivity contribution is 5.96. The lowest BCUT2D eigenvalue weighted by Gasteiger charge is -2.14. The average molecular weight is 272 g/mol. The van der Waals surface area contributed by atoms with E-state index in [1.165, 1.54) is 6.92 Å². The summed E-state index contributed by atoms with van der Waals surface area (Å²) in [6, 6.07) is -2.18. The van der Waals surface area contributed by atoms with Gasteiger partial charge >= 0.3 is 5.97 Å². The summed E-state index contributed by atoms with van der Waals surface area (Å²) < 4.78 is 0. The van der Waals surface area contributed by atoms with E-state index in [2.05, 4.69) is 10.6 Å². The number of carbonyl (C=O) groups excluding carboxylic acids is 3. The number of hydrogen-bond acceptors (Lipinski definition) is 5. The number of nitrogens with one attached hydrogen (secondary N) is 2. The Morgan fingerprint density at radius 2 is 1.84 bits per heavy atom. The molecule has 0 aliphatic rings. The first-order valence-corrected chi connectivity index (χ1v) is 5.28. The molecule has 2 unspecified atom stereocenters. The van der Waals surface area contributed by atoms with Crippen molar-refractivity contribution in [3.63, 3.8) is 0 Å². The van der Waals surface area contributed by atoms with Gasteiger partial charge in [0.1, 0.15) is 12.1 Å². The van der Waals surface area contributed by atoms with E-state index in [1.807, 2.05) is 0 Å². The van der Waals surface area contributed by atoms with Crippen molar-refractivity contribution >= 4 is 23.7 Å². The van der Waals surface area contributed by atoms with E-state index < -0.39 is 35.8 Å². The molecule has 0 aliphatic carbocycles. The van der Waals surface area contributed by atoms with Gasteiger partial charge in [-0.05, 0) is 6.92 Å². The summed E-state index contributed by atoms with van der Waals surface area (Å²) >= 11 is 0. The van der Waals surface area contributed by atoms with Crippen LogP contribution in [-0.2, 0) is 19.2 Å². The van der Waals surface area contributed by atoms with Gasteiger partial charge in [0, 0.05) is 18.7 Å². The molecule has 0 aromatic heterocycles. The third-order valence-corrected chi connectivity index (χ3v) is 1.96. The first-order chi connectivity index (χ1) is 8.73. The second kappa shape index (κ2) is 7.82. The monoisotopic (exact) mass is 272 g/mol. The van der Waals surface area contributed by atoms with Gasteiger partial charge in [-0.25, -0.2) is 0 Å². The lowest BCUT2D eigenvalue weighted by molar-refractivity contribution is -0.141. The van der Waals surface area contributed by atoms with Crippen molar-refractivity contribution in [2.24, 2.45) is 11.5 Å². The molecule has 0 aliphatic heterocycles. The summed E-state index contributed by atoms with van der Waals surface area (Å²) in [5, 5.41) is 13.0. The third-order valence-electron chi connectivity index (χ3n) is 1.96. The van der Waals surface area contributed by atoms with Gasteiger partial charge in [-0.2, -0.15) is 0 Å². The van der Waals surface area contributed by atoms with Crippen LogP contribution < -0.4 is 22.1 Å². The van der Waals surface area contributed by atoms with Crippen molar-refractivity contribution in [1.29, 1.82) is 0 Å². The predicted octanol–water partition coefficient (Wildman–Crippen LogP) is -2.94. The van der Waals surface area contributed by atoms with Crippen molar-refractivity contribution < 1.29 is 24.3 Å². The molecule has 2 atom stereocenters. The summed E-state index contributed by atoms with van der Waals surface area (Å²) in [6.45, 7) is 1.07. The smallest absolute Gasteiger partial charge is 0.325 e. The molecule has 0 heterocycles. The Bertz CT molecular complexity index is 407. The van der Waals surface area contributed by atoms with Crippen molar-refractivity contribution in [1.82, 2.24) is 10.6 Å². The van der Waals surface area contributed by atoms with E-state index in [4.69, 9.17) is 16.6 Å². The Morgan fingerprint density at radius 1 is 1.26 bits per heavy atom. The van der Waals surface area contributed by atoms with Crippen LogP contribution in [0.2, 0.25) is 0 Å². The molecule has 7 N–H and O–H groups in total. The van der Waals surface area contributed by atoms with Crippen molar-refractivity contribution in [2.45, 2.75) is 19.0 Å². The molecule has 0 saturated heterocycles. The fraction of sp³-hybridized carbons (Fsp3) is 0.400. The molecule has 0 radical (unpaired) electrons. The Labute approximate surface area is 109 Å². The molecule has 0 bridgehead atoms. The first-order valence-electron chi connectivity index (χ1n) is 5.28. The molecule has 0 aromatic carbocycles. The van der Waals surface area contributed by atoms with Crippen molar-refractivity contribution in [3.8, 4) is 0 Å². The highest BCUT2D eigenvalue weighted by Gasteiger charge is 2.19. The number of aliphatic carboxylic acids is 1. The second-order valence-electron chi connectivity index (χ2n) is 3.66. The fourth-order valence-corrected chi connectivity index (χ4v) is 0.902.